The van der Waals surface area contributed by atoms with Gasteiger partial charge in [-0.25, -0.2) is 9.78 Å². The van der Waals surface area contributed by atoms with E-state index in [1.807, 2.05) is 0 Å². The van der Waals surface area contributed by atoms with E-state index in [0.717, 1.165) is 0 Å². The predicted octanol–water partition coefficient (Wildman–Crippen LogP) is -0.133. The summed E-state index contributed by atoms with van der Waals surface area (Å²) in [5.41, 5.74) is 1.55. The number of carbonyl (C=O) groups is 2. The number of nitrogens with one attached hydrogen (secondary N) is 3. The van der Waals surface area contributed by atoms with Gasteiger partial charge in [0.2, 0.25) is 0 Å². The van der Waals surface area contributed by atoms with Crippen molar-refractivity contribution >= 4 is 11.9 Å². The second-order valence-corrected chi connectivity index (χ2v) is 4.05. The molecule has 0 spiro atoms. The van der Waals surface area contributed by atoms with Crippen LogP contribution in [0.3, 0.4) is 0 Å². The van der Waals surface area contributed by atoms with Crippen LogP contribution in [0, 0.1) is 6.92 Å². The number of hydrogen-bond donors (Lipinski definition) is 4. The molecule has 8 nitrogen and oxygen atoms in total. The van der Waals surface area contributed by atoms with Crippen molar-refractivity contribution in [3.05, 3.63) is 35.7 Å². The highest BCUT2D eigenvalue weighted by atomic mass is 16.4. The number of H-pyrrole nitrogens is 2. The minimum atomic E-state index is -1.11. The van der Waals surface area contributed by atoms with E-state index in [1.165, 1.54) is 18.7 Å². The van der Waals surface area contributed by atoms with Crippen molar-refractivity contribution in [1.82, 2.24) is 25.5 Å². The molecule has 0 aromatic carbocycles. The number of aryl methyl sites for hydroxylation is 1. The molecule has 0 saturated carbocycles. The molecule has 0 aliphatic carbocycles. The van der Waals surface area contributed by atoms with Gasteiger partial charge in [0.15, 0.2) is 0 Å². The first kappa shape index (κ1) is 12.8. The zero-order chi connectivity index (χ0) is 13.8. The van der Waals surface area contributed by atoms with Gasteiger partial charge in [-0.1, -0.05) is 0 Å². The second-order valence-electron chi connectivity index (χ2n) is 4.05. The van der Waals surface area contributed by atoms with Crippen LogP contribution in [0.15, 0.2) is 18.7 Å². The van der Waals surface area contributed by atoms with Gasteiger partial charge in [-0.2, -0.15) is 5.10 Å². The Morgan fingerprint density at radius 2 is 2.26 bits per heavy atom. The van der Waals surface area contributed by atoms with E-state index in [0.29, 0.717) is 17.0 Å². The summed E-state index contributed by atoms with van der Waals surface area (Å²) in [5.74, 6) is -1.58. The molecule has 100 valence electrons. The molecule has 2 aromatic rings. The number of amides is 1. The number of imidazole rings is 1. The van der Waals surface area contributed by atoms with Crippen LogP contribution < -0.4 is 5.32 Å². The molecule has 19 heavy (non-hydrogen) atoms. The smallest absolute Gasteiger partial charge is 0.326 e. The third-order valence-electron chi connectivity index (χ3n) is 2.66. The monoisotopic (exact) mass is 263 g/mol. The fraction of sp³-hybridized carbons (Fsp3) is 0.273. The van der Waals surface area contributed by atoms with Gasteiger partial charge >= 0.3 is 5.97 Å². The lowest BCUT2D eigenvalue weighted by molar-refractivity contribution is -0.139. The number of aromatic nitrogens is 4. The summed E-state index contributed by atoms with van der Waals surface area (Å²) < 4.78 is 0. The Bertz CT molecular complexity index is 575. The van der Waals surface area contributed by atoms with Crippen LogP contribution in [0.25, 0.3) is 0 Å². The van der Waals surface area contributed by atoms with Gasteiger partial charge in [0.05, 0.1) is 18.1 Å². The zero-order valence-corrected chi connectivity index (χ0v) is 10.2. The van der Waals surface area contributed by atoms with E-state index in [2.05, 4.69) is 25.5 Å². The molecule has 0 aliphatic heterocycles. The number of aliphatic carboxylic acids is 1. The minimum Gasteiger partial charge on any atom is -0.480 e. The van der Waals surface area contributed by atoms with Crippen molar-refractivity contribution in [3.63, 3.8) is 0 Å². The quantitative estimate of drug-likeness (QED) is 0.598. The zero-order valence-electron chi connectivity index (χ0n) is 10.2. The van der Waals surface area contributed by atoms with E-state index in [-0.39, 0.29) is 6.42 Å². The van der Waals surface area contributed by atoms with Gasteiger partial charge in [-0.05, 0) is 6.92 Å². The first-order valence-corrected chi connectivity index (χ1v) is 5.59. The van der Waals surface area contributed by atoms with E-state index in [1.54, 1.807) is 6.92 Å². The number of rotatable bonds is 5. The minimum absolute atomic E-state index is 0.137. The molecule has 0 aliphatic rings. The summed E-state index contributed by atoms with van der Waals surface area (Å²) in [4.78, 5) is 29.7. The number of carboxylic acids is 1. The molecule has 2 rings (SSSR count). The highest BCUT2D eigenvalue weighted by molar-refractivity contribution is 5.97. The lowest BCUT2D eigenvalue weighted by Gasteiger charge is -2.13. The van der Waals surface area contributed by atoms with E-state index in [4.69, 9.17) is 5.11 Å². The third-order valence-corrected chi connectivity index (χ3v) is 2.66. The summed E-state index contributed by atoms with van der Waals surface area (Å²) in [5, 5.41) is 17.9. The Kier molecular flexibility index (Phi) is 3.60. The molecule has 1 amide bonds. The SMILES string of the molecule is Cc1[nH]ncc1C(=O)N[C@H](Cc1cnc[nH]1)C(=O)O. The lowest BCUT2D eigenvalue weighted by Crippen LogP contribution is -2.42. The molecule has 2 heterocycles. The molecule has 2 aromatic heterocycles. The maximum Gasteiger partial charge on any atom is 0.326 e. The van der Waals surface area contributed by atoms with Gasteiger partial charge in [0.25, 0.3) is 5.91 Å². The normalized spacial score (nSPS) is 12.1. The second kappa shape index (κ2) is 5.34. The van der Waals surface area contributed by atoms with Gasteiger partial charge in [-0.3, -0.25) is 9.89 Å². The molecule has 0 unspecified atom stereocenters. The van der Waals surface area contributed by atoms with Crippen molar-refractivity contribution in [2.75, 3.05) is 0 Å². The van der Waals surface area contributed by atoms with E-state index in [9.17, 15) is 9.59 Å². The first-order valence-electron chi connectivity index (χ1n) is 5.59. The molecule has 8 heteroatoms. The average molecular weight is 263 g/mol. The molecule has 0 radical (unpaired) electrons. The third kappa shape index (κ3) is 2.97. The number of hydrogen-bond acceptors (Lipinski definition) is 4. The Labute approximate surface area is 108 Å². The largest absolute Gasteiger partial charge is 0.480 e. The fourth-order valence-corrected chi connectivity index (χ4v) is 1.63. The highest BCUT2D eigenvalue weighted by Crippen LogP contribution is 2.05. The number of aromatic amines is 2. The first-order chi connectivity index (χ1) is 9.08. The average Bonchev–Trinajstić information content (AvgIpc) is 2.99. The van der Waals surface area contributed by atoms with Crippen LogP contribution in [0.4, 0.5) is 0 Å². The van der Waals surface area contributed by atoms with E-state index >= 15 is 0 Å². The lowest BCUT2D eigenvalue weighted by atomic mass is 10.1. The van der Waals surface area contributed by atoms with Crippen molar-refractivity contribution in [2.45, 2.75) is 19.4 Å². The van der Waals surface area contributed by atoms with E-state index < -0.39 is 17.9 Å². The van der Waals surface area contributed by atoms with Gasteiger partial charge < -0.3 is 15.4 Å². The Morgan fingerprint density at radius 3 is 2.79 bits per heavy atom. The summed E-state index contributed by atoms with van der Waals surface area (Å²) >= 11 is 0. The summed E-state index contributed by atoms with van der Waals surface area (Å²) in [7, 11) is 0. The van der Waals surface area contributed by atoms with Crippen LogP contribution in [0.5, 0.6) is 0 Å². The molecule has 4 N–H and O–H groups in total. The molecular weight excluding hydrogens is 250 g/mol. The molecule has 0 bridgehead atoms. The predicted molar refractivity (Wildman–Crippen MR) is 64.5 cm³/mol. The summed E-state index contributed by atoms with van der Waals surface area (Å²) in [6, 6.07) is -1.03. The topological polar surface area (TPSA) is 124 Å². The van der Waals surface area contributed by atoms with Crippen molar-refractivity contribution in [3.8, 4) is 0 Å². The van der Waals surface area contributed by atoms with Gasteiger partial charge in [0.1, 0.15) is 6.04 Å². The van der Waals surface area contributed by atoms with Crippen molar-refractivity contribution in [2.24, 2.45) is 0 Å². The van der Waals surface area contributed by atoms with Gasteiger partial charge in [-0.15, -0.1) is 0 Å². The molecular formula is C11H13N5O3. The molecule has 0 fully saturated rings. The fourth-order valence-electron chi connectivity index (χ4n) is 1.63. The maximum atomic E-state index is 11.9. The Balaban J connectivity index is 2.07. The van der Waals surface area contributed by atoms with Crippen LogP contribution in [0.1, 0.15) is 21.7 Å². The standard InChI is InChI=1S/C11H13N5O3/c1-6-8(4-14-16-6)10(17)15-9(11(18)19)2-7-3-12-5-13-7/h3-5,9H,2H2,1H3,(H,12,13)(H,14,16)(H,15,17)(H,18,19)/t9-/m1/s1. The van der Waals surface area contributed by atoms with Crippen molar-refractivity contribution in [1.29, 1.82) is 0 Å². The molecule has 1 atom stereocenters. The summed E-state index contributed by atoms with van der Waals surface area (Å²) in [6.45, 7) is 1.69. The highest BCUT2D eigenvalue weighted by Gasteiger charge is 2.22. The molecule has 0 saturated heterocycles. The number of carbonyl (C=O) groups excluding carboxylic acids is 1. The number of nitrogens with zero attached hydrogens (tertiary/aromatic N) is 2. The Hall–Kier alpha value is -2.64. The summed E-state index contributed by atoms with van der Waals surface area (Å²) in [6.07, 6.45) is 4.47. The van der Waals surface area contributed by atoms with Crippen LogP contribution in [-0.4, -0.2) is 43.2 Å². The van der Waals surface area contributed by atoms with Crippen LogP contribution in [-0.2, 0) is 11.2 Å². The maximum absolute atomic E-state index is 11.9. The van der Waals surface area contributed by atoms with Crippen molar-refractivity contribution < 1.29 is 14.7 Å². The van der Waals surface area contributed by atoms with Gasteiger partial charge in [0, 0.05) is 24.0 Å². The Morgan fingerprint density at radius 1 is 1.47 bits per heavy atom. The van der Waals surface area contributed by atoms with Crippen LogP contribution >= 0.6 is 0 Å². The van der Waals surface area contributed by atoms with Crippen LogP contribution in [0.2, 0.25) is 0 Å². The number of carboxylic acid groups (broad SMARTS) is 1.